The van der Waals surface area contributed by atoms with Crippen LogP contribution in [0.5, 0.6) is 0 Å². The second-order valence-electron chi connectivity index (χ2n) is 12.1. The number of hydrogen-bond donors (Lipinski definition) is 2. The van der Waals surface area contributed by atoms with Crippen LogP contribution in [-0.2, 0) is 14.2 Å². The molecule has 0 heterocycles. The second-order valence-corrected chi connectivity index (χ2v) is 12.1. The molecular formula is C31H66N2O3. The zero-order valence-corrected chi connectivity index (χ0v) is 25.7. The van der Waals surface area contributed by atoms with Crippen molar-refractivity contribution in [3.05, 3.63) is 0 Å². The van der Waals surface area contributed by atoms with Crippen LogP contribution >= 0.6 is 0 Å². The van der Waals surface area contributed by atoms with Crippen LogP contribution in [-0.4, -0.2) is 46.9 Å². The van der Waals surface area contributed by atoms with Gasteiger partial charge in [-0.15, -0.1) is 0 Å². The van der Waals surface area contributed by atoms with Crippen LogP contribution in [0.25, 0.3) is 0 Å². The minimum atomic E-state index is -0.989. The van der Waals surface area contributed by atoms with E-state index in [1.54, 1.807) is 21.3 Å². The highest BCUT2D eigenvalue weighted by atomic mass is 16.9. The molecule has 0 aromatic rings. The average molecular weight is 515 g/mol. The van der Waals surface area contributed by atoms with E-state index in [9.17, 15) is 0 Å². The molecule has 218 valence electrons. The van der Waals surface area contributed by atoms with E-state index in [1.807, 2.05) is 0 Å². The van der Waals surface area contributed by atoms with Gasteiger partial charge in [0.2, 0.25) is 0 Å². The summed E-state index contributed by atoms with van der Waals surface area (Å²) in [7, 11) is 5.23. The first-order chi connectivity index (χ1) is 17.3. The van der Waals surface area contributed by atoms with Crippen molar-refractivity contribution in [1.82, 2.24) is 5.32 Å². The van der Waals surface area contributed by atoms with Crippen LogP contribution in [0.1, 0.15) is 143 Å². The minimum Gasteiger partial charge on any atom is -0.330 e. The largest absolute Gasteiger partial charge is 0.330 e. The Morgan fingerprint density at radius 2 is 0.972 bits per heavy atom. The van der Waals surface area contributed by atoms with E-state index in [0.29, 0.717) is 12.0 Å². The fourth-order valence-electron chi connectivity index (χ4n) is 5.76. The molecule has 3 N–H and O–H groups in total. The van der Waals surface area contributed by atoms with Crippen LogP contribution in [0.2, 0.25) is 0 Å². The SMILES string of the molecule is CCCCCCCCC(CCCCCCCCCC(C)(C)C)(CCCNCCN)C(OC)(OC)OC. The Morgan fingerprint density at radius 3 is 1.39 bits per heavy atom. The summed E-state index contributed by atoms with van der Waals surface area (Å²) in [5.41, 5.74) is 6.00. The minimum absolute atomic E-state index is 0.146. The van der Waals surface area contributed by atoms with Gasteiger partial charge in [0.05, 0.1) is 5.41 Å². The van der Waals surface area contributed by atoms with Gasteiger partial charge in [-0.05, 0) is 44.1 Å². The monoisotopic (exact) mass is 515 g/mol. The van der Waals surface area contributed by atoms with Gasteiger partial charge in [-0.25, -0.2) is 0 Å². The molecule has 0 aliphatic carbocycles. The third kappa shape index (κ3) is 15.3. The highest BCUT2D eigenvalue weighted by Crippen LogP contribution is 2.48. The van der Waals surface area contributed by atoms with Gasteiger partial charge in [-0.2, -0.15) is 0 Å². The third-order valence-electron chi connectivity index (χ3n) is 7.88. The zero-order chi connectivity index (χ0) is 27.2. The molecule has 0 radical (unpaired) electrons. The van der Waals surface area contributed by atoms with Gasteiger partial charge in [0.15, 0.2) is 0 Å². The maximum Gasteiger partial charge on any atom is 0.288 e. The molecule has 1 atom stereocenters. The summed E-state index contributed by atoms with van der Waals surface area (Å²) in [5, 5.41) is 3.47. The Balaban J connectivity index is 5.04. The van der Waals surface area contributed by atoms with Crippen LogP contribution < -0.4 is 11.1 Å². The van der Waals surface area contributed by atoms with Crippen molar-refractivity contribution in [2.45, 2.75) is 149 Å². The van der Waals surface area contributed by atoms with Gasteiger partial charge in [-0.3, -0.25) is 0 Å². The fraction of sp³-hybridized carbons (Fsp3) is 1.00. The van der Waals surface area contributed by atoms with Gasteiger partial charge in [0, 0.05) is 34.4 Å². The van der Waals surface area contributed by atoms with E-state index in [4.69, 9.17) is 19.9 Å². The molecule has 0 saturated carbocycles. The number of nitrogens with two attached hydrogens (primary N) is 1. The third-order valence-corrected chi connectivity index (χ3v) is 7.88. The molecule has 0 aromatic carbocycles. The van der Waals surface area contributed by atoms with E-state index in [1.165, 1.54) is 89.9 Å². The highest BCUT2D eigenvalue weighted by Gasteiger charge is 2.52. The molecule has 0 aliphatic rings. The summed E-state index contributed by atoms with van der Waals surface area (Å²) in [6.45, 7) is 11.8. The maximum atomic E-state index is 6.04. The maximum absolute atomic E-state index is 6.04. The van der Waals surface area contributed by atoms with E-state index in [0.717, 1.165) is 38.8 Å². The Kier molecular flexibility index (Phi) is 21.6. The molecule has 0 aromatic heterocycles. The number of ether oxygens (including phenoxy) is 3. The summed E-state index contributed by atoms with van der Waals surface area (Å²) in [6.07, 6.45) is 22.6. The first-order valence-electron chi connectivity index (χ1n) is 15.3. The smallest absolute Gasteiger partial charge is 0.288 e. The molecule has 0 saturated heterocycles. The number of hydrogen-bond acceptors (Lipinski definition) is 5. The summed E-state index contributed by atoms with van der Waals surface area (Å²) in [5.74, 6) is -0.989. The number of unbranched alkanes of at least 4 members (excludes halogenated alkanes) is 11. The summed E-state index contributed by atoms with van der Waals surface area (Å²) in [6, 6.07) is 0. The van der Waals surface area contributed by atoms with Gasteiger partial charge in [0.25, 0.3) is 5.97 Å². The number of rotatable bonds is 26. The Bertz CT molecular complexity index is 469. The van der Waals surface area contributed by atoms with Gasteiger partial charge in [0.1, 0.15) is 0 Å². The predicted octanol–water partition coefficient (Wildman–Crippen LogP) is 8.20. The molecule has 0 bridgehead atoms. The Hall–Kier alpha value is -0.200. The van der Waals surface area contributed by atoms with Crippen molar-refractivity contribution >= 4 is 0 Å². The lowest BCUT2D eigenvalue weighted by Gasteiger charge is -2.47. The predicted molar refractivity (Wildman–Crippen MR) is 156 cm³/mol. The molecule has 1 unspecified atom stereocenters. The van der Waals surface area contributed by atoms with Crippen LogP contribution in [0, 0.1) is 10.8 Å². The first kappa shape index (κ1) is 35.8. The molecular weight excluding hydrogens is 448 g/mol. The van der Waals surface area contributed by atoms with Gasteiger partial charge < -0.3 is 25.3 Å². The number of nitrogens with one attached hydrogen (secondary N) is 1. The number of methoxy groups -OCH3 is 3. The molecule has 5 heteroatoms. The standard InChI is InChI=1S/C31H66N2O3/c1-8-9-10-11-16-19-23-30(25-21-27-33-28-26-32,31(34-5,35-6)36-7)24-20-17-14-12-13-15-18-22-29(2,3)4/h33H,8-28,32H2,1-7H3. The lowest BCUT2D eigenvalue weighted by Crippen LogP contribution is -2.53. The van der Waals surface area contributed by atoms with E-state index in [-0.39, 0.29) is 5.41 Å². The summed E-state index contributed by atoms with van der Waals surface area (Å²) < 4.78 is 18.1. The van der Waals surface area contributed by atoms with Gasteiger partial charge in [-0.1, -0.05) is 111 Å². The van der Waals surface area contributed by atoms with Crippen LogP contribution in [0.3, 0.4) is 0 Å². The van der Waals surface area contributed by atoms with Crippen molar-refractivity contribution < 1.29 is 14.2 Å². The Labute approximate surface area is 226 Å². The zero-order valence-electron chi connectivity index (χ0n) is 25.7. The van der Waals surface area contributed by atoms with Gasteiger partial charge >= 0.3 is 0 Å². The first-order valence-corrected chi connectivity index (χ1v) is 15.3. The molecule has 0 aliphatic heterocycles. The van der Waals surface area contributed by atoms with E-state index < -0.39 is 5.97 Å². The second kappa shape index (κ2) is 21.7. The molecule has 0 fully saturated rings. The highest BCUT2D eigenvalue weighted by molar-refractivity contribution is 4.89. The van der Waals surface area contributed by atoms with Crippen molar-refractivity contribution in [2.75, 3.05) is 41.0 Å². The van der Waals surface area contributed by atoms with Crippen molar-refractivity contribution in [3.63, 3.8) is 0 Å². The van der Waals surface area contributed by atoms with Crippen molar-refractivity contribution in [3.8, 4) is 0 Å². The normalized spacial score (nSPS) is 14.3. The quantitative estimate of drug-likeness (QED) is 0.0899. The fourth-order valence-corrected chi connectivity index (χ4v) is 5.76. The molecule has 0 rings (SSSR count). The molecule has 5 nitrogen and oxygen atoms in total. The Morgan fingerprint density at radius 1 is 0.556 bits per heavy atom. The van der Waals surface area contributed by atoms with Crippen molar-refractivity contribution in [2.24, 2.45) is 16.6 Å². The molecule has 0 amide bonds. The molecule has 36 heavy (non-hydrogen) atoms. The lowest BCUT2D eigenvalue weighted by atomic mass is 9.71. The summed E-state index contributed by atoms with van der Waals surface area (Å²) in [4.78, 5) is 0. The average Bonchev–Trinajstić information content (AvgIpc) is 2.85. The van der Waals surface area contributed by atoms with Crippen LogP contribution in [0.4, 0.5) is 0 Å². The van der Waals surface area contributed by atoms with Crippen molar-refractivity contribution in [1.29, 1.82) is 0 Å². The van der Waals surface area contributed by atoms with Crippen LogP contribution in [0.15, 0.2) is 0 Å². The van der Waals surface area contributed by atoms with E-state index >= 15 is 0 Å². The lowest BCUT2D eigenvalue weighted by molar-refractivity contribution is -0.411. The summed E-state index contributed by atoms with van der Waals surface area (Å²) >= 11 is 0. The topological polar surface area (TPSA) is 65.7 Å². The molecule has 0 spiro atoms. The van der Waals surface area contributed by atoms with E-state index in [2.05, 4.69) is 33.0 Å².